The zero-order chi connectivity index (χ0) is 16.8. The molecule has 2 aromatic carbocycles. The third-order valence-corrected chi connectivity index (χ3v) is 5.15. The number of amides is 1. The van der Waals surface area contributed by atoms with Crippen LogP contribution >= 0.6 is 0 Å². The summed E-state index contributed by atoms with van der Waals surface area (Å²) in [5.74, 6) is 0.648. The van der Waals surface area contributed by atoms with Gasteiger partial charge < -0.3 is 5.32 Å². The molecule has 24 heavy (non-hydrogen) atoms. The summed E-state index contributed by atoms with van der Waals surface area (Å²) in [6.07, 6.45) is 7.29. The Morgan fingerprint density at radius 1 is 1.00 bits per heavy atom. The van der Waals surface area contributed by atoms with Crippen molar-refractivity contribution in [1.82, 2.24) is 5.32 Å². The highest BCUT2D eigenvalue weighted by Gasteiger charge is 2.25. The molecule has 1 N–H and O–H groups in total. The summed E-state index contributed by atoms with van der Waals surface area (Å²) in [4.78, 5) is 12.7. The summed E-state index contributed by atoms with van der Waals surface area (Å²) in [6.45, 7) is 2.04. The van der Waals surface area contributed by atoms with Crippen LogP contribution in [0.4, 0.5) is 0 Å². The maximum absolute atomic E-state index is 12.7. The molecule has 1 atom stereocenters. The van der Waals surface area contributed by atoms with Crippen molar-refractivity contribution >= 4 is 5.91 Å². The Balaban J connectivity index is 1.73. The number of nitrogens with one attached hydrogen (secondary N) is 1. The predicted octanol–water partition coefficient (Wildman–Crippen LogP) is 4.92. The molecule has 1 saturated carbocycles. The van der Waals surface area contributed by atoms with Gasteiger partial charge in [-0.1, -0.05) is 67.3 Å². The lowest BCUT2D eigenvalue weighted by Gasteiger charge is -2.31. The normalized spacial score (nSPS) is 16.5. The first-order valence-electron chi connectivity index (χ1n) is 9.14. The summed E-state index contributed by atoms with van der Waals surface area (Å²) in [7, 11) is 0. The van der Waals surface area contributed by atoms with E-state index < -0.39 is 0 Å². The van der Waals surface area contributed by atoms with Gasteiger partial charge in [-0.2, -0.15) is 0 Å². The third kappa shape index (κ3) is 4.47. The van der Waals surface area contributed by atoms with Crippen LogP contribution < -0.4 is 5.32 Å². The molecule has 1 unspecified atom stereocenters. The van der Waals surface area contributed by atoms with Gasteiger partial charge in [0.2, 0.25) is 0 Å². The third-order valence-electron chi connectivity index (χ3n) is 5.15. The maximum Gasteiger partial charge on any atom is 0.251 e. The van der Waals surface area contributed by atoms with E-state index in [2.05, 4.69) is 29.6 Å². The topological polar surface area (TPSA) is 29.1 Å². The van der Waals surface area contributed by atoms with E-state index in [0.29, 0.717) is 5.92 Å². The molecule has 0 radical (unpaired) electrons. The SMILES string of the molecule is Cc1ccc(C(=O)NC(Cc2ccccc2)C2CCCCC2)cc1. The molecule has 0 spiro atoms. The number of rotatable bonds is 5. The standard InChI is InChI=1S/C22H27NO/c1-17-12-14-20(15-13-17)22(24)23-21(19-10-6-3-7-11-19)16-18-8-4-2-5-9-18/h2,4-5,8-9,12-15,19,21H,3,6-7,10-11,16H2,1H3,(H,23,24). The van der Waals surface area contributed by atoms with E-state index in [4.69, 9.17) is 0 Å². The van der Waals surface area contributed by atoms with Gasteiger partial charge in [0, 0.05) is 11.6 Å². The maximum atomic E-state index is 12.7. The molecular formula is C22H27NO. The van der Waals surface area contributed by atoms with Crippen LogP contribution in [-0.4, -0.2) is 11.9 Å². The fourth-order valence-electron chi connectivity index (χ4n) is 3.70. The second kappa shape index (κ2) is 8.14. The van der Waals surface area contributed by atoms with Gasteiger partial charge in [0.1, 0.15) is 0 Å². The van der Waals surface area contributed by atoms with Crippen LogP contribution in [0.25, 0.3) is 0 Å². The lowest BCUT2D eigenvalue weighted by atomic mass is 9.81. The number of hydrogen-bond donors (Lipinski definition) is 1. The zero-order valence-corrected chi connectivity index (χ0v) is 14.5. The molecule has 0 aromatic heterocycles. The molecule has 0 bridgehead atoms. The van der Waals surface area contributed by atoms with E-state index >= 15 is 0 Å². The number of hydrogen-bond acceptors (Lipinski definition) is 1. The minimum Gasteiger partial charge on any atom is -0.349 e. The van der Waals surface area contributed by atoms with Crippen molar-refractivity contribution < 1.29 is 4.79 Å². The summed E-state index contributed by atoms with van der Waals surface area (Å²) < 4.78 is 0. The van der Waals surface area contributed by atoms with Crippen molar-refractivity contribution in [2.75, 3.05) is 0 Å². The fraction of sp³-hybridized carbons (Fsp3) is 0.409. The molecule has 0 saturated heterocycles. The van der Waals surface area contributed by atoms with Gasteiger partial charge in [0.15, 0.2) is 0 Å². The van der Waals surface area contributed by atoms with Crippen LogP contribution in [-0.2, 0) is 6.42 Å². The first-order valence-corrected chi connectivity index (χ1v) is 9.14. The van der Waals surface area contributed by atoms with Gasteiger partial charge in [-0.25, -0.2) is 0 Å². The average molecular weight is 321 g/mol. The molecule has 0 aliphatic heterocycles. The summed E-state index contributed by atoms with van der Waals surface area (Å²) in [5.41, 5.74) is 3.24. The largest absolute Gasteiger partial charge is 0.349 e. The molecule has 3 rings (SSSR count). The van der Waals surface area contributed by atoms with Gasteiger partial charge in [0.05, 0.1) is 0 Å². The van der Waals surface area contributed by atoms with Crippen LogP contribution in [0.1, 0.15) is 53.6 Å². The zero-order valence-electron chi connectivity index (χ0n) is 14.5. The number of carbonyl (C=O) groups excluding carboxylic acids is 1. The quantitative estimate of drug-likeness (QED) is 0.832. The van der Waals surface area contributed by atoms with E-state index in [1.165, 1.54) is 43.2 Å². The van der Waals surface area contributed by atoms with E-state index in [-0.39, 0.29) is 11.9 Å². The van der Waals surface area contributed by atoms with E-state index in [1.807, 2.05) is 37.3 Å². The lowest BCUT2D eigenvalue weighted by Crippen LogP contribution is -2.42. The molecule has 1 aliphatic rings. The molecule has 1 aliphatic carbocycles. The Morgan fingerprint density at radius 2 is 1.67 bits per heavy atom. The van der Waals surface area contributed by atoms with Crippen LogP contribution in [0.5, 0.6) is 0 Å². The predicted molar refractivity (Wildman–Crippen MR) is 99.2 cm³/mol. The summed E-state index contributed by atoms with van der Waals surface area (Å²) >= 11 is 0. The van der Waals surface area contributed by atoms with Crippen molar-refractivity contribution in [3.63, 3.8) is 0 Å². The van der Waals surface area contributed by atoms with Crippen LogP contribution in [0.2, 0.25) is 0 Å². The van der Waals surface area contributed by atoms with Gasteiger partial charge in [-0.15, -0.1) is 0 Å². The molecule has 2 aromatic rings. The molecule has 2 nitrogen and oxygen atoms in total. The van der Waals surface area contributed by atoms with Gasteiger partial charge in [-0.05, 0) is 49.8 Å². The van der Waals surface area contributed by atoms with Crippen molar-refractivity contribution in [2.24, 2.45) is 5.92 Å². The molecule has 0 heterocycles. The highest BCUT2D eigenvalue weighted by atomic mass is 16.1. The molecular weight excluding hydrogens is 294 g/mol. The second-order valence-electron chi connectivity index (χ2n) is 7.03. The van der Waals surface area contributed by atoms with Crippen LogP contribution in [0.3, 0.4) is 0 Å². The number of aryl methyl sites for hydroxylation is 1. The first kappa shape index (κ1) is 16.8. The van der Waals surface area contributed by atoms with Crippen molar-refractivity contribution in [3.05, 3.63) is 71.3 Å². The number of carbonyl (C=O) groups is 1. The Labute approximate surface area is 145 Å². The molecule has 1 fully saturated rings. The van der Waals surface area contributed by atoms with Crippen molar-refractivity contribution in [3.8, 4) is 0 Å². The van der Waals surface area contributed by atoms with E-state index in [9.17, 15) is 4.79 Å². The Morgan fingerprint density at radius 3 is 2.33 bits per heavy atom. The lowest BCUT2D eigenvalue weighted by molar-refractivity contribution is 0.0913. The summed E-state index contributed by atoms with van der Waals surface area (Å²) in [5, 5.41) is 3.33. The van der Waals surface area contributed by atoms with Gasteiger partial charge in [0.25, 0.3) is 5.91 Å². The van der Waals surface area contributed by atoms with Gasteiger partial charge >= 0.3 is 0 Å². The minimum absolute atomic E-state index is 0.0569. The smallest absolute Gasteiger partial charge is 0.251 e. The molecule has 1 amide bonds. The summed E-state index contributed by atoms with van der Waals surface area (Å²) in [6, 6.07) is 18.6. The van der Waals surface area contributed by atoms with Gasteiger partial charge in [-0.3, -0.25) is 4.79 Å². The number of benzene rings is 2. The Kier molecular flexibility index (Phi) is 5.68. The second-order valence-corrected chi connectivity index (χ2v) is 7.03. The van der Waals surface area contributed by atoms with Crippen LogP contribution in [0, 0.1) is 12.8 Å². The van der Waals surface area contributed by atoms with Crippen LogP contribution in [0.15, 0.2) is 54.6 Å². The highest BCUT2D eigenvalue weighted by molar-refractivity contribution is 5.94. The Bertz CT molecular complexity index is 641. The van der Waals surface area contributed by atoms with Crippen molar-refractivity contribution in [2.45, 2.75) is 51.5 Å². The average Bonchev–Trinajstić information content (AvgIpc) is 2.63. The first-order chi connectivity index (χ1) is 11.7. The molecule has 2 heteroatoms. The Hall–Kier alpha value is -2.09. The fourth-order valence-corrected chi connectivity index (χ4v) is 3.70. The molecule has 126 valence electrons. The van der Waals surface area contributed by atoms with Crippen molar-refractivity contribution in [1.29, 1.82) is 0 Å². The minimum atomic E-state index is 0.0569. The van der Waals surface area contributed by atoms with E-state index in [0.717, 1.165) is 12.0 Å². The van der Waals surface area contributed by atoms with E-state index in [1.54, 1.807) is 0 Å². The monoisotopic (exact) mass is 321 g/mol. The highest BCUT2D eigenvalue weighted by Crippen LogP contribution is 2.28.